The molecule has 2 amide bonds. The summed E-state index contributed by atoms with van der Waals surface area (Å²) in [5.41, 5.74) is 1.47. The number of benzene rings is 1. The molecule has 0 spiro atoms. The Morgan fingerprint density at radius 1 is 1.06 bits per heavy atom. The van der Waals surface area contributed by atoms with Crippen LogP contribution in [0.25, 0.3) is 0 Å². The maximum absolute atomic E-state index is 11.8. The minimum atomic E-state index is -0.284. The first-order chi connectivity index (χ1) is 8.30. The van der Waals surface area contributed by atoms with Gasteiger partial charge in [-0.3, -0.25) is 9.59 Å². The number of imide groups is 1. The monoisotopic (exact) mass is 307 g/mol. The van der Waals surface area contributed by atoms with Crippen LogP contribution in [0.3, 0.4) is 0 Å². The Bertz CT molecular complexity index is 537. The van der Waals surface area contributed by atoms with Gasteiger partial charge in [0.05, 0.1) is 5.69 Å². The van der Waals surface area contributed by atoms with Crippen molar-refractivity contribution in [2.24, 2.45) is 0 Å². The zero-order valence-electron chi connectivity index (χ0n) is 10.5. The van der Waals surface area contributed by atoms with Gasteiger partial charge in [0.1, 0.15) is 0 Å². The van der Waals surface area contributed by atoms with Crippen molar-refractivity contribution in [3.05, 3.63) is 40.4 Å². The van der Waals surface area contributed by atoms with E-state index in [2.05, 4.69) is 36.7 Å². The summed E-state index contributed by atoms with van der Waals surface area (Å²) in [5.74, 6) is -0.569. The summed E-state index contributed by atoms with van der Waals surface area (Å²) in [5, 5.41) is 0. The SMILES string of the molecule is CC(C)(C)c1cc(Br)ccc1N1C(=O)C=CC1=O. The second-order valence-corrected chi connectivity index (χ2v) is 6.17. The van der Waals surface area contributed by atoms with Crippen LogP contribution in [0.5, 0.6) is 0 Å². The summed E-state index contributed by atoms with van der Waals surface area (Å²) in [6.45, 7) is 6.16. The van der Waals surface area contributed by atoms with Crippen LogP contribution >= 0.6 is 15.9 Å². The molecule has 0 saturated heterocycles. The molecular formula is C14H14BrNO2. The number of rotatable bonds is 1. The number of nitrogens with zero attached hydrogens (tertiary/aromatic N) is 1. The van der Waals surface area contributed by atoms with E-state index in [1.807, 2.05) is 12.1 Å². The second kappa shape index (κ2) is 4.35. The van der Waals surface area contributed by atoms with E-state index in [4.69, 9.17) is 0 Å². The fourth-order valence-electron chi connectivity index (χ4n) is 1.94. The average molecular weight is 308 g/mol. The van der Waals surface area contributed by atoms with Crippen molar-refractivity contribution in [2.75, 3.05) is 4.90 Å². The fourth-order valence-corrected chi connectivity index (χ4v) is 2.30. The van der Waals surface area contributed by atoms with Crippen LogP contribution in [0, 0.1) is 0 Å². The van der Waals surface area contributed by atoms with Gasteiger partial charge in [-0.1, -0.05) is 36.7 Å². The lowest BCUT2D eigenvalue weighted by atomic mass is 9.85. The second-order valence-electron chi connectivity index (χ2n) is 5.26. The molecule has 0 N–H and O–H groups in total. The van der Waals surface area contributed by atoms with E-state index in [-0.39, 0.29) is 17.2 Å². The van der Waals surface area contributed by atoms with Gasteiger partial charge in [-0.25, -0.2) is 4.90 Å². The lowest BCUT2D eigenvalue weighted by Crippen LogP contribution is -2.32. The summed E-state index contributed by atoms with van der Waals surface area (Å²) < 4.78 is 0.934. The maximum atomic E-state index is 11.8. The summed E-state index contributed by atoms with van der Waals surface area (Å²) in [7, 11) is 0. The standard InChI is InChI=1S/C14H14BrNO2/c1-14(2,3)10-8-9(15)4-5-11(10)16-12(17)6-7-13(16)18/h4-8H,1-3H3. The van der Waals surface area contributed by atoms with Crippen molar-refractivity contribution in [1.29, 1.82) is 0 Å². The van der Waals surface area contributed by atoms with E-state index in [1.165, 1.54) is 17.1 Å². The molecule has 4 heteroatoms. The molecule has 18 heavy (non-hydrogen) atoms. The minimum absolute atomic E-state index is 0.151. The highest BCUT2D eigenvalue weighted by molar-refractivity contribution is 9.10. The Kier molecular flexibility index (Phi) is 3.15. The predicted octanol–water partition coefficient (Wildman–Crippen LogP) is 3.18. The van der Waals surface area contributed by atoms with Crippen molar-refractivity contribution in [2.45, 2.75) is 26.2 Å². The normalized spacial score (nSPS) is 15.7. The topological polar surface area (TPSA) is 37.4 Å². The van der Waals surface area contributed by atoms with Gasteiger partial charge in [-0.2, -0.15) is 0 Å². The zero-order valence-corrected chi connectivity index (χ0v) is 12.1. The molecule has 0 saturated carbocycles. The van der Waals surface area contributed by atoms with Crippen LogP contribution in [-0.4, -0.2) is 11.8 Å². The summed E-state index contributed by atoms with van der Waals surface area (Å²) in [4.78, 5) is 24.7. The number of amides is 2. The van der Waals surface area contributed by atoms with Crippen LogP contribution in [-0.2, 0) is 15.0 Å². The van der Waals surface area contributed by atoms with E-state index in [1.54, 1.807) is 6.07 Å². The zero-order chi connectivity index (χ0) is 13.5. The van der Waals surface area contributed by atoms with E-state index in [0.29, 0.717) is 5.69 Å². The summed E-state index contributed by atoms with van der Waals surface area (Å²) in [6.07, 6.45) is 2.60. The highest BCUT2D eigenvalue weighted by atomic mass is 79.9. The molecule has 0 fully saturated rings. The van der Waals surface area contributed by atoms with E-state index < -0.39 is 0 Å². The van der Waals surface area contributed by atoms with Crippen LogP contribution in [0.2, 0.25) is 0 Å². The highest BCUT2D eigenvalue weighted by Gasteiger charge is 2.30. The molecule has 2 rings (SSSR count). The third-order valence-corrected chi connectivity index (χ3v) is 3.31. The first kappa shape index (κ1) is 13.0. The lowest BCUT2D eigenvalue weighted by Gasteiger charge is -2.26. The van der Waals surface area contributed by atoms with Gasteiger partial charge in [-0.05, 0) is 29.2 Å². The van der Waals surface area contributed by atoms with Crippen molar-refractivity contribution < 1.29 is 9.59 Å². The Balaban J connectivity index is 2.58. The Morgan fingerprint density at radius 3 is 2.11 bits per heavy atom. The number of hydrogen-bond donors (Lipinski definition) is 0. The molecule has 1 aliphatic rings. The van der Waals surface area contributed by atoms with Gasteiger partial charge in [-0.15, -0.1) is 0 Å². The molecule has 94 valence electrons. The van der Waals surface area contributed by atoms with E-state index in [9.17, 15) is 9.59 Å². The Morgan fingerprint density at radius 2 is 1.61 bits per heavy atom. The average Bonchev–Trinajstić information content (AvgIpc) is 2.58. The van der Waals surface area contributed by atoms with Gasteiger partial charge < -0.3 is 0 Å². The van der Waals surface area contributed by atoms with Crippen LogP contribution in [0.4, 0.5) is 5.69 Å². The molecule has 0 aliphatic carbocycles. The van der Waals surface area contributed by atoms with E-state index in [0.717, 1.165) is 10.0 Å². The van der Waals surface area contributed by atoms with Crippen molar-refractivity contribution in [3.8, 4) is 0 Å². The quantitative estimate of drug-likeness (QED) is 0.747. The molecule has 1 aromatic rings. The van der Waals surface area contributed by atoms with Crippen LogP contribution in [0.15, 0.2) is 34.8 Å². The van der Waals surface area contributed by atoms with Crippen molar-refractivity contribution in [3.63, 3.8) is 0 Å². The van der Waals surface area contributed by atoms with Crippen molar-refractivity contribution in [1.82, 2.24) is 0 Å². The molecular weight excluding hydrogens is 294 g/mol. The number of anilines is 1. The van der Waals surface area contributed by atoms with Gasteiger partial charge in [0.15, 0.2) is 0 Å². The third kappa shape index (κ3) is 2.25. The van der Waals surface area contributed by atoms with Crippen LogP contribution in [0.1, 0.15) is 26.3 Å². The smallest absolute Gasteiger partial charge is 0.258 e. The van der Waals surface area contributed by atoms with Crippen molar-refractivity contribution >= 4 is 33.4 Å². The lowest BCUT2D eigenvalue weighted by molar-refractivity contribution is -0.119. The van der Waals surface area contributed by atoms with Crippen LogP contribution < -0.4 is 4.90 Å². The molecule has 0 aromatic heterocycles. The minimum Gasteiger partial charge on any atom is -0.269 e. The Hall–Kier alpha value is -1.42. The Labute approximate surface area is 115 Å². The fraction of sp³-hybridized carbons (Fsp3) is 0.286. The van der Waals surface area contributed by atoms with Gasteiger partial charge in [0.25, 0.3) is 11.8 Å². The molecule has 0 atom stereocenters. The number of halogens is 1. The first-order valence-corrected chi connectivity index (χ1v) is 6.46. The summed E-state index contributed by atoms with van der Waals surface area (Å²) >= 11 is 3.42. The van der Waals surface area contributed by atoms with Gasteiger partial charge >= 0.3 is 0 Å². The predicted molar refractivity (Wildman–Crippen MR) is 74.5 cm³/mol. The molecule has 0 bridgehead atoms. The molecule has 1 aliphatic heterocycles. The molecule has 0 unspecified atom stereocenters. The molecule has 1 heterocycles. The summed E-state index contributed by atoms with van der Waals surface area (Å²) in [6, 6.07) is 5.59. The number of carbonyl (C=O) groups excluding carboxylic acids is 2. The first-order valence-electron chi connectivity index (χ1n) is 5.67. The van der Waals surface area contributed by atoms with Gasteiger partial charge in [0.2, 0.25) is 0 Å². The molecule has 1 aromatic carbocycles. The third-order valence-electron chi connectivity index (χ3n) is 2.82. The highest BCUT2D eigenvalue weighted by Crippen LogP contribution is 2.35. The van der Waals surface area contributed by atoms with E-state index >= 15 is 0 Å². The molecule has 0 radical (unpaired) electrons. The maximum Gasteiger partial charge on any atom is 0.258 e. The largest absolute Gasteiger partial charge is 0.269 e. The number of hydrogen-bond acceptors (Lipinski definition) is 2. The van der Waals surface area contributed by atoms with Gasteiger partial charge in [0, 0.05) is 16.6 Å². The number of carbonyl (C=O) groups is 2. The molecule has 3 nitrogen and oxygen atoms in total.